The molecule has 13 nitrogen and oxygen atoms in total. The Hall–Kier alpha value is -3.85. The molecule has 1 aliphatic carbocycles. The Morgan fingerprint density at radius 1 is 1.12 bits per heavy atom. The van der Waals surface area contributed by atoms with Crippen molar-refractivity contribution in [3.8, 4) is 16.8 Å². The van der Waals surface area contributed by atoms with Gasteiger partial charge in [0.1, 0.15) is 16.3 Å². The maximum atomic E-state index is 13.0. The number of methoxy groups -OCH3 is 1. The van der Waals surface area contributed by atoms with Crippen LogP contribution in [0.1, 0.15) is 37.3 Å². The standard InChI is InChI=1S/C27H33N7O6S/c1-38-13-14-40-27(26(35)32-39-2)11-9-18(10-12-27)22-23(41(3,36)37)24(28)34-25(31-22)21(16-30-34)19-15-29-33(17-19)20-7-5-4-6-8-20/h4-8,15-18H,9-14,28H2,1-3H3,(H,32,35). The number of nitrogens with zero attached hydrogens (tertiary/aromatic N) is 5. The van der Waals surface area contributed by atoms with Gasteiger partial charge in [-0.2, -0.15) is 14.7 Å². The van der Waals surface area contributed by atoms with Crippen molar-refractivity contribution in [3.05, 3.63) is 54.6 Å². The number of anilines is 1. The van der Waals surface area contributed by atoms with Crippen LogP contribution < -0.4 is 11.2 Å². The minimum atomic E-state index is -3.78. The Bertz CT molecular complexity index is 1640. The van der Waals surface area contributed by atoms with Crippen LogP contribution in [0.4, 0.5) is 5.82 Å². The number of nitrogens with two attached hydrogens (primary N) is 1. The van der Waals surface area contributed by atoms with Crippen LogP contribution in [-0.2, 0) is 28.9 Å². The fourth-order valence-electron chi connectivity index (χ4n) is 5.36. The summed E-state index contributed by atoms with van der Waals surface area (Å²) in [5.74, 6) is -0.704. The van der Waals surface area contributed by atoms with Crippen molar-refractivity contribution in [3.63, 3.8) is 0 Å². The highest BCUT2D eigenvalue weighted by atomic mass is 32.2. The van der Waals surface area contributed by atoms with E-state index in [4.69, 9.17) is 25.0 Å². The van der Waals surface area contributed by atoms with E-state index in [1.165, 1.54) is 11.6 Å². The Kier molecular flexibility index (Phi) is 8.09. The molecule has 1 fully saturated rings. The van der Waals surface area contributed by atoms with Gasteiger partial charge in [0.15, 0.2) is 15.5 Å². The molecule has 0 saturated heterocycles. The average Bonchev–Trinajstić information content (AvgIpc) is 3.61. The molecule has 1 amide bonds. The number of benzene rings is 1. The third-order valence-electron chi connectivity index (χ3n) is 7.40. The third-order valence-corrected chi connectivity index (χ3v) is 8.56. The summed E-state index contributed by atoms with van der Waals surface area (Å²) in [6.45, 7) is 0.545. The van der Waals surface area contributed by atoms with E-state index in [0.717, 1.165) is 17.5 Å². The third kappa shape index (κ3) is 5.55. The second-order valence-electron chi connectivity index (χ2n) is 10.0. The molecule has 0 bridgehead atoms. The number of ether oxygens (including phenoxy) is 2. The largest absolute Gasteiger partial charge is 0.382 e. The minimum absolute atomic E-state index is 0.0143. The summed E-state index contributed by atoms with van der Waals surface area (Å²) >= 11 is 0. The lowest BCUT2D eigenvalue weighted by molar-refractivity contribution is -0.165. The minimum Gasteiger partial charge on any atom is -0.382 e. The lowest BCUT2D eigenvalue weighted by Gasteiger charge is -2.38. The zero-order chi connectivity index (χ0) is 29.2. The van der Waals surface area contributed by atoms with E-state index in [0.29, 0.717) is 49.2 Å². The lowest BCUT2D eigenvalue weighted by Crippen LogP contribution is -2.51. The van der Waals surface area contributed by atoms with Crippen LogP contribution >= 0.6 is 0 Å². The van der Waals surface area contributed by atoms with Gasteiger partial charge in [-0.25, -0.2) is 23.6 Å². The van der Waals surface area contributed by atoms with E-state index >= 15 is 0 Å². The average molecular weight is 584 g/mol. The highest BCUT2D eigenvalue weighted by Crippen LogP contribution is 2.43. The van der Waals surface area contributed by atoms with E-state index in [-0.39, 0.29) is 23.2 Å². The second-order valence-corrected chi connectivity index (χ2v) is 12.0. The highest BCUT2D eigenvalue weighted by molar-refractivity contribution is 7.91. The van der Waals surface area contributed by atoms with Crippen LogP contribution in [0, 0.1) is 0 Å². The lowest BCUT2D eigenvalue weighted by atomic mass is 9.76. The zero-order valence-corrected chi connectivity index (χ0v) is 23.9. The molecule has 0 unspecified atom stereocenters. The van der Waals surface area contributed by atoms with E-state index < -0.39 is 21.3 Å². The van der Waals surface area contributed by atoms with Crippen molar-refractivity contribution < 1.29 is 27.5 Å². The van der Waals surface area contributed by atoms with Gasteiger partial charge in [0.25, 0.3) is 5.91 Å². The Morgan fingerprint density at radius 2 is 1.85 bits per heavy atom. The van der Waals surface area contributed by atoms with Crippen LogP contribution in [0.25, 0.3) is 22.5 Å². The van der Waals surface area contributed by atoms with Crippen LogP contribution in [0.5, 0.6) is 0 Å². The Balaban J connectivity index is 1.53. The zero-order valence-electron chi connectivity index (χ0n) is 23.1. The monoisotopic (exact) mass is 583 g/mol. The molecule has 1 aromatic carbocycles. The summed E-state index contributed by atoms with van der Waals surface area (Å²) in [5, 5.41) is 8.85. The molecule has 218 valence electrons. The number of amides is 1. The molecule has 3 heterocycles. The molecular formula is C27H33N7O6S. The number of aromatic nitrogens is 5. The molecule has 0 radical (unpaired) electrons. The molecule has 3 N–H and O–H groups in total. The predicted octanol–water partition coefficient (Wildman–Crippen LogP) is 2.30. The summed E-state index contributed by atoms with van der Waals surface area (Å²) in [6, 6.07) is 9.66. The van der Waals surface area contributed by atoms with Crippen molar-refractivity contribution in [1.29, 1.82) is 0 Å². The van der Waals surface area contributed by atoms with Crippen LogP contribution in [-0.4, -0.2) is 78.0 Å². The highest BCUT2D eigenvalue weighted by Gasteiger charge is 2.45. The molecular weight excluding hydrogens is 550 g/mol. The first-order chi connectivity index (χ1) is 19.7. The normalized spacial score (nSPS) is 19.4. The number of carbonyl (C=O) groups excluding carboxylic acids is 1. The molecule has 1 aliphatic rings. The number of para-hydroxylation sites is 1. The smallest absolute Gasteiger partial charge is 0.275 e. The number of hydrogen-bond donors (Lipinski definition) is 2. The van der Waals surface area contributed by atoms with E-state index in [1.807, 2.05) is 36.5 Å². The second kappa shape index (κ2) is 11.6. The molecule has 5 rings (SSSR count). The SMILES string of the molecule is COCCOC1(C(=O)NOC)CCC(c2nc3c(-c4cnn(-c5ccccc5)c4)cnn3c(N)c2S(C)(=O)=O)CC1. The number of fused-ring (bicyclic) bond motifs is 1. The molecule has 41 heavy (non-hydrogen) atoms. The number of sulfone groups is 1. The van der Waals surface area contributed by atoms with Gasteiger partial charge in [-0.15, -0.1) is 0 Å². The van der Waals surface area contributed by atoms with Gasteiger partial charge in [-0.1, -0.05) is 18.2 Å². The topological polar surface area (TPSA) is 165 Å². The van der Waals surface area contributed by atoms with Gasteiger partial charge in [0.2, 0.25) is 0 Å². The fraction of sp³-hybridized carbons (Fsp3) is 0.407. The first kappa shape index (κ1) is 28.7. The van der Waals surface area contributed by atoms with Gasteiger partial charge < -0.3 is 15.2 Å². The first-order valence-corrected chi connectivity index (χ1v) is 15.0. The summed E-state index contributed by atoms with van der Waals surface area (Å²) < 4.78 is 40.2. The summed E-state index contributed by atoms with van der Waals surface area (Å²) in [5.41, 5.74) is 10.8. The number of nitrogen functional groups attached to an aromatic ring is 1. The molecule has 3 aromatic heterocycles. The van der Waals surface area contributed by atoms with E-state index in [1.54, 1.807) is 24.2 Å². The van der Waals surface area contributed by atoms with Crippen molar-refractivity contribution in [1.82, 2.24) is 29.9 Å². The van der Waals surface area contributed by atoms with Gasteiger partial charge in [0.05, 0.1) is 44.1 Å². The molecule has 1 saturated carbocycles. The maximum absolute atomic E-state index is 13.0. The summed E-state index contributed by atoms with van der Waals surface area (Å²) in [4.78, 5) is 22.6. The molecule has 0 atom stereocenters. The first-order valence-electron chi connectivity index (χ1n) is 13.1. The predicted molar refractivity (Wildman–Crippen MR) is 150 cm³/mol. The van der Waals surface area contributed by atoms with E-state index in [2.05, 4.69) is 15.7 Å². The number of nitrogens with one attached hydrogen (secondary N) is 1. The van der Waals surface area contributed by atoms with Crippen LogP contribution in [0.3, 0.4) is 0 Å². The summed E-state index contributed by atoms with van der Waals surface area (Å²) in [7, 11) is -0.861. The number of hydroxylamine groups is 1. The summed E-state index contributed by atoms with van der Waals surface area (Å²) in [6.07, 6.45) is 7.78. The molecule has 0 spiro atoms. The molecule has 0 aliphatic heterocycles. The Labute approximate surface area is 237 Å². The Morgan fingerprint density at radius 3 is 2.51 bits per heavy atom. The van der Waals surface area contributed by atoms with Crippen molar-refractivity contribution in [2.75, 3.05) is 39.4 Å². The van der Waals surface area contributed by atoms with Crippen LogP contribution in [0.15, 0.2) is 53.8 Å². The number of hydrogen-bond acceptors (Lipinski definition) is 10. The maximum Gasteiger partial charge on any atom is 0.275 e. The van der Waals surface area contributed by atoms with Gasteiger partial charge >= 0.3 is 0 Å². The van der Waals surface area contributed by atoms with Crippen LogP contribution in [0.2, 0.25) is 0 Å². The van der Waals surface area contributed by atoms with Crippen molar-refractivity contribution >= 4 is 27.2 Å². The molecule has 4 aromatic rings. The fourth-order valence-corrected chi connectivity index (χ4v) is 6.42. The van der Waals surface area contributed by atoms with Gasteiger partial charge in [-0.3, -0.25) is 9.63 Å². The number of carbonyl (C=O) groups is 1. The quantitative estimate of drug-likeness (QED) is 0.209. The van der Waals surface area contributed by atoms with Gasteiger partial charge in [0, 0.05) is 36.6 Å². The van der Waals surface area contributed by atoms with Crippen molar-refractivity contribution in [2.24, 2.45) is 0 Å². The van der Waals surface area contributed by atoms with Crippen molar-refractivity contribution in [2.45, 2.75) is 42.1 Å². The van der Waals surface area contributed by atoms with E-state index in [9.17, 15) is 13.2 Å². The molecule has 14 heteroatoms. The number of rotatable bonds is 10. The van der Waals surface area contributed by atoms with Gasteiger partial charge in [-0.05, 0) is 37.8 Å².